The van der Waals surface area contributed by atoms with Gasteiger partial charge in [0.05, 0.1) is 5.56 Å². The average Bonchev–Trinajstić information content (AvgIpc) is 3.05. The molecule has 2 saturated heterocycles. The van der Waals surface area contributed by atoms with Crippen molar-refractivity contribution >= 4 is 5.82 Å². The molecule has 2 aliphatic heterocycles. The van der Waals surface area contributed by atoms with Crippen LogP contribution >= 0.6 is 0 Å². The van der Waals surface area contributed by atoms with Gasteiger partial charge in [-0.15, -0.1) is 0 Å². The van der Waals surface area contributed by atoms with Gasteiger partial charge in [-0.25, -0.2) is 4.98 Å². The molecule has 7 heteroatoms. The second kappa shape index (κ2) is 5.90. The zero-order valence-electron chi connectivity index (χ0n) is 13.2. The van der Waals surface area contributed by atoms with Gasteiger partial charge in [-0.1, -0.05) is 5.16 Å². The van der Waals surface area contributed by atoms with E-state index in [0.29, 0.717) is 24.9 Å². The summed E-state index contributed by atoms with van der Waals surface area (Å²) in [4.78, 5) is 11.3. The lowest BCUT2D eigenvalue weighted by Crippen LogP contribution is -2.37. The van der Waals surface area contributed by atoms with Crippen LogP contribution in [0.3, 0.4) is 0 Å². The van der Waals surface area contributed by atoms with Crippen LogP contribution in [0, 0.1) is 0 Å². The highest BCUT2D eigenvalue weighted by atomic mass is 16.5. The zero-order valence-corrected chi connectivity index (χ0v) is 13.2. The predicted molar refractivity (Wildman–Crippen MR) is 83.1 cm³/mol. The molecule has 0 atom stereocenters. The molecule has 7 nitrogen and oxygen atoms in total. The number of anilines is 1. The van der Waals surface area contributed by atoms with Crippen molar-refractivity contribution < 1.29 is 14.0 Å². The molecule has 2 aromatic heterocycles. The third kappa shape index (κ3) is 2.60. The summed E-state index contributed by atoms with van der Waals surface area (Å²) in [5.74, 6) is 2.06. The Labute approximate surface area is 134 Å². The molecule has 0 N–H and O–H groups in total. The summed E-state index contributed by atoms with van der Waals surface area (Å²) in [6.45, 7) is 3.44. The Balaban J connectivity index is 1.57. The SMILES string of the molecule is COC1(c2noc(-c3ccc(N4CCC4)nc3)n2)CCOCC1. The normalized spacial score (nSPS) is 20.3. The first-order chi connectivity index (χ1) is 11.3. The number of nitrogens with zero attached hydrogens (tertiary/aromatic N) is 4. The minimum atomic E-state index is -0.509. The van der Waals surface area contributed by atoms with Crippen molar-refractivity contribution in [3.63, 3.8) is 0 Å². The molecule has 0 aromatic carbocycles. The summed E-state index contributed by atoms with van der Waals surface area (Å²) in [5.41, 5.74) is 0.316. The number of aromatic nitrogens is 3. The van der Waals surface area contributed by atoms with E-state index in [1.54, 1.807) is 13.3 Å². The summed E-state index contributed by atoms with van der Waals surface area (Å²) < 4.78 is 16.5. The molecule has 2 fully saturated rings. The number of methoxy groups -OCH3 is 1. The highest BCUT2D eigenvalue weighted by Crippen LogP contribution is 2.34. The topological polar surface area (TPSA) is 73.5 Å². The van der Waals surface area contributed by atoms with E-state index in [1.165, 1.54) is 6.42 Å². The summed E-state index contributed by atoms with van der Waals surface area (Å²) in [6.07, 6.45) is 4.48. The smallest absolute Gasteiger partial charge is 0.259 e. The summed E-state index contributed by atoms with van der Waals surface area (Å²) in [7, 11) is 1.69. The van der Waals surface area contributed by atoms with Gasteiger partial charge in [-0.2, -0.15) is 4.98 Å². The van der Waals surface area contributed by atoms with E-state index >= 15 is 0 Å². The van der Waals surface area contributed by atoms with Crippen molar-refractivity contribution in [2.45, 2.75) is 24.9 Å². The van der Waals surface area contributed by atoms with Gasteiger partial charge in [0.2, 0.25) is 5.82 Å². The summed E-state index contributed by atoms with van der Waals surface area (Å²) in [5, 5.41) is 4.14. The van der Waals surface area contributed by atoms with Crippen molar-refractivity contribution in [3.8, 4) is 11.5 Å². The molecular formula is C16H20N4O3. The molecule has 0 bridgehead atoms. The standard InChI is InChI=1S/C16H20N4O3/c1-21-16(5-9-22-10-6-16)15-18-14(23-19-15)12-3-4-13(17-11-12)20-7-2-8-20/h3-4,11H,2,5-10H2,1H3. The first kappa shape index (κ1) is 14.6. The average molecular weight is 316 g/mol. The van der Waals surface area contributed by atoms with Crippen molar-refractivity contribution in [2.75, 3.05) is 38.3 Å². The Morgan fingerprint density at radius 1 is 1.22 bits per heavy atom. The van der Waals surface area contributed by atoms with Crippen molar-refractivity contribution in [1.82, 2.24) is 15.1 Å². The van der Waals surface area contributed by atoms with Gasteiger partial charge in [-0.05, 0) is 18.6 Å². The van der Waals surface area contributed by atoms with Gasteiger partial charge in [-0.3, -0.25) is 0 Å². The molecule has 0 spiro atoms. The number of hydrogen-bond donors (Lipinski definition) is 0. The van der Waals surface area contributed by atoms with Crippen molar-refractivity contribution in [3.05, 3.63) is 24.2 Å². The minimum Gasteiger partial charge on any atom is -0.381 e. The van der Waals surface area contributed by atoms with Gasteiger partial charge in [0.25, 0.3) is 5.89 Å². The van der Waals surface area contributed by atoms with E-state index < -0.39 is 5.60 Å². The van der Waals surface area contributed by atoms with E-state index in [1.807, 2.05) is 12.1 Å². The second-order valence-electron chi connectivity index (χ2n) is 5.98. The number of pyridine rings is 1. The van der Waals surface area contributed by atoms with Gasteiger partial charge >= 0.3 is 0 Å². The van der Waals surface area contributed by atoms with Crippen LogP contribution in [0.4, 0.5) is 5.82 Å². The van der Waals surface area contributed by atoms with Gasteiger partial charge in [0.15, 0.2) is 0 Å². The highest BCUT2D eigenvalue weighted by Gasteiger charge is 2.39. The Hall–Kier alpha value is -1.99. The fourth-order valence-electron chi connectivity index (χ4n) is 2.99. The quantitative estimate of drug-likeness (QED) is 0.854. The monoisotopic (exact) mass is 316 g/mol. The van der Waals surface area contributed by atoms with E-state index in [0.717, 1.165) is 37.3 Å². The van der Waals surface area contributed by atoms with Crippen molar-refractivity contribution in [2.24, 2.45) is 0 Å². The molecular weight excluding hydrogens is 296 g/mol. The molecule has 4 rings (SSSR count). The van der Waals surface area contributed by atoms with Crippen LogP contribution in [0.25, 0.3) is 11.5 Å². The maximum atomic E-state index is 5.70. The maximum absolute atomic E-state index is 5.70. The van der Waals surface area contributed by atoms with E-state index in [2.05, 4.69) is 20.0 Å². The van der Waals surface area contributed by atoms with E-state index in [-0.39, 0.29) is 0 Å². The molecule has 0 amide bonds. The Morgan fingerprint density at radius 3 is 2.65 bits per heavy atom. The minimum absolute atomic E-state index is 0.477. The fourth-order valence-corrected chi connectivity index (χ4v) is 2.99. The lowest BCUT2D eigenvalue weighted by atomic mass is 9.93. The molecule has 23 heavy (non-hydrogen) atoms. The van der Waals surface area contributed by atoms with Crippen LogP contribution < -0.4 is 4.90 Å². The molecule has 122 valence electrons. The van der Waals surface area contributed by atoms with E-state index in [4.69, 9.17) is 14.0 Å². The van der Waals surface area contributed by atoms with E-state index in [9.17, 15) is 0 Å². The first-order valence-corrected chi connectivity index (χ1v) is 7.99. The second-order valence-corrected chi connectivity index (χ2v) is 5.98. The zero-order chi connectivity index (χ0) is 15.7. The molecule has 2 aliphatic rings. The fraction of sp³-hybridized carbons (Fsp3) is 0.562. The Kier molecular flexibility index (Phi) is 3.74. The number of rotatable bonds is 4. The summed E-state index contributed by atoms with van der Waals surface area (Å²) in [6, 6.07) is 3.97. The molecule has 0 radical (unpaired) electrons. The first-order valence-electron chi connectivity index (χ1n) is 7.99. The molecule has 0 aliphatic carbocycles. The van der Waals surface area contributed by atoms with Gasteiger partial charge in [0, 0.05) is 52.5 Å². The Morgan fingerprint density at radius 2 is 2.04 bits per heavy atom. The van der Waals surface area contributed by atoms with Crippen LogP contribution in [0.5, 0.6) is 0 Å². The van der Waals surface area contributed by atoms with Crippen LogP contribution in [-0.4, -0.2) is 48.5 Å². The summed E-state index contributed by atoms with van der Waals surface area (Å²) >= 11 is 0. The molecule has 0 unspecified atom stereocenters. The van der Waals surface area contributed by atoms with Gasteiger partial charge in [0.1, 0.15) is 11.4 Å². The molecule has 0 saturated carbocycles. The number of ether oxygens (including phenoxy) is 2. The van der Waals surface area contributed by atoms with Crippen LogP contribution in [0.2, 0.25) is 0 Å². The van der Waals surface area contributed by atoms with Gasteiger partial charge < -0.3 is 18.9 Å². The third-order valence-corrected chi connectivity index (χ3v) is 4.70. The molecule has 2 aromatic rings. The largest absolute Gasteiger partial charge is 0.381 e. The van der Waals surface area contributed by atoms with Crippen molar-refractivity contribution in [1.29, 1.82) is 0 Å². The van der Waals surface area contributed by atoms with Crippen LogP contribution in [0.15, 0.2) is 22.9 Å². The number of hydrogen-bond acceptors (Lipinski definition) is 7. The van der Waals surface area contributed by atoms with Crippen LogP contribution in [0.1, 0.15) is 25.1 Å². The predicted octanol–water partition coefficient (Wildman–Crippen LogP) is 1.99. The lowest BCUT2D eigenvalue weighted by molar-refractivity contribution is -0.101. The molecule has 4 heterocycles. The maximum Gasteiger partial charge on any atom is 0.259 e. The third-order valence-electron chi connectivity index (χ3n) is 4.70. The Bertz CT molecular complexity index is 660. The van der Waals surface area contributed by atoms with Crippen LogP contribution in [-0.2, 0) is 15.1 Å². The highest BCUT2D eigenvalue weighted by molar-refractivity contribution is 5.55. The lowest BCUT2D eigenvalue weighted by Gasteiger charge is -2.32.